The van der Waals surface area contributed by atoms with E-state index in [-0.39, 0.29) is 12.0 Å². The van der Waals surface area contributed by atoms with Gasteiger partial charge in [-0.3, -0.25) is 4.79 Å². The minimum atomic E-state index is -0.345. The van der Waals surface area contributed by atoms with Gasteiger partial charge in [-0.25, -0.2) is 0 Å². The third-order valence-electron chi connectivity index (χ3n) is 3.47. The topological polar surface area (TPSA) is 44.8 Å². The summed E-state index contributed by atoms with van der Waals surface area (Å²) in [5, 5.41) is 3.22. The summed E-state index contributed by atoms with van der Waals surface area (Å²) < 4.78 is 5.61. The van der Waals surface area contributed by atoms with Crippen LogP contribution in [0.15, 0.2) is 12.1 Å². The van der Waals surface area contributed by atoms with E-state index in [0.29, 0.717) is 19.7 Å². The number of likely N-dealkylation sites (N-methyl/N-ethyl adjacent to an activating group) is 1. The second-order valence-corrected chi connectivity index (χ2v) is 7.01. The molecule has 1 N–H and O–H groups in total. The third-order valence-corrected chi connectivity index (χ3v) is 4.46. The summed E-state index contributed by atoms with van der Waals surface area (Å²) in [7, 11) is 4.05. The van der Waals surface area contributed by atoms with Gasteiger partial charge in [0, 0.05) is 35.9 Å². The zero-order valence-corrected chi connectivity index (χ0v) is 13.9. The van der Waals surface area contributed by atoms with Crippen molar-refractivity contribution in [3.63, 3.8) is 0 Å². The van der Waals surface area contributed by atoms with Crippen LogP contribution in [0, 0.1) is 6.92 Å². The third kappa shape index (κ3) is 5.07. The van der Waals surface area contributed by atoms with Crippen LogP contribution in [0.25, 0.3) is 0 Å². The predicted molar refractivity (Wildman–Crippen MR) is 85.6 cm³/mol. The minimum absolute atomic E-state index is 0.0927. The van der Waals surface area contributed by atoms with Gasteiger partial charge in [-0.1, -0.05) is 0 Å². The second-order valence-electron chi connectivity index (χ2n) is 5.64. The maximum absolute atomic E-state index is 12.7. The summed E-state index contributed by atoms with van der Waals surface area (Å²) in [6.45, 7) is 6.39. The molecule has 21 heavy (non-hydrogen) atoms. The molecule has 1 atom stereocenters. The Morgan fingerprint density at radius 3 is 2.81 bits per heavy atom. The molecular weight excluding hydrogens is 286 g/mol. The predicted octanol–water partition coefficient (Wildman–Crippen LogP) is 0.935. The maximum atomic E-state index is 12.7. The molecular formula is C15H25N3O2S. The lowest BCUT2D eigenvalue weighted by Crippen LogP contribution is -2.50. The number of ether oxygens (including phenoxy) is 1. The number of nitrogens with zero attached hydrogens (tertiary/aromatic N) is 2. The van der Waals surface area contributed by atoms with Crippen molar-refractivity contribution < 1.29 is 9.53 Å². The number of thiophene rings is 1. The first-order valence-electron chi connectivity index (χ1n) is 7.37. The van der Waals surface area contributed by atoms with Gasteiger partial charge in [0.05, 0.1) is 13.2 Å². The van der Waals surface area contributed by atoms with Crippen LogP contribution in [0.2, 0.25) is 0 Å². The van der Waals surface area contributed by atoms with Gasteiger partial charge in [-0.2, -0.15) is 0 Å². The van der Waals surface area contributed by atoms with Crippen molar-refractivity contribution in [2.75, 3.05) is 46.9 Å². The molecule has 0 saturated carbocycles. The number of nitrogens with one attached hydrogen (secondary N) is 1. The molecule has 5 nitrogen and oxygen atoms in total. The van der Waals surface area contributed by atoms with Crippen LogP contribution < -0.4 is 5.32 Å². The standard InChI is InChI=1S/C15H25N3O2S/c1-12-4-5-13(21-12)11-18(8-7-17(2)3)15(19)14-10-16-6-9-20-14/h4-5,14,16H,6-11H2,1-3H3/t14-/m0/s1. The molecule has 0 aliphatic carbocycles. The Morgan fingerprint density at radius 1 is 1.43 bits per heavy atom. The number of carbonyl (C=O) groups is 1. The summed E-state index contributed by atoms with van der Waals surface area (Å²) in [5.41, 5.74) is 0. The molecule has 118 valence electrons. The van der Waals surface area contributed by atoms with Crippen LogP contribution >= 0.6 is 11.3 Å². The molecule has 0 spiro atoms. The van der Waals surface area contributed by atoms with Crippen molar-refractivity contribution in [1.82, 2.24) is 15.1 Å². The van der Waals surface area contributed by atoms with Crippen molar-refractivity contribution in [2.45, 2.75) is 19.6 Å². The van der Waals surface area contributed by atoms with E-state index in [1.807, 2.05) is 19.0 Å². The first kappa shape index (κ1) is 16.4. The second kappa shape index (κ2) is 7.89. The summed E-state index contributed by atoms with van der Waals surface area (Å²) in [6, 6.07) is 4.21. The fraction of sp³-hybridized carbons (Fsp3) is 0.667. The molecule has 1 aliphatic heterocycles. The van der Waals surface area contributed by atoms with E-state index in [4.69, 9.17) is 4.74 Å². The SMILES string of the molecule is Cc1ccc(CN(CCN(C)C)C(=O)[C@@H]2CNCCO2)s1. The van der Waals surface area contributed by atoms with E-state index >= 15 is 0 Å². The summed E-state index contributed by atoms with van der Waals surface area (Å²) in [4.78, 5) is 19.2. The quantitative estimate of drug-likeness (QED) is 0.849. The summed E-state index contributed by atoms with van der Waals surface area (Å²) >= 11 is 1.75. The molecule has 0 unspecified atom stereocenters. The van der Waals surface area contributed by atoms with Crippen LogP contribution in [0.5, 0.6) is 0 Å². The molecule has 0 aromatic carbocycles. The van der Waals surface area contributed by atoms with Crippen LogP contribution in [-0.4, -0.2) is 68.7 Å². The highest BCUT2D eigenvalue weighted by Crippen LogP contribution is 2.18. The molecule has 1 fully saturated rings. The highest BCUT2D eigenvalue weighted by molar-refractivity contribution is 7.11. The average molecular weight is 311 g/mol. The van der Waals surface area contributed by atoms with Crippen molar-refractivity contribution in [2.24, 2.45) is 0 Å². The monoisotopic (exact) mass is 311 g/mol. The van der Waals surface area contributed by atoms with Gasteiger partial charge in [0.1, 0.15) is 6.10 Å². The van der Waals surface area contributed by atoms with E-state index in [2.05, 4.69) is 29.3 Å². The van der Waals surface area contributed by atoms with Crippen LogP contribution in [0.3, 0.4) is 0 Å². The Kier molecular flexibility index (Phi) is 6.17. The van der Waals surface area contributed by atoms with E-state index in [1.54, 1.807) is 11.3 Å². The number of aryl methyl sites for hydroxylation is 1. The van der Waals surface area contributed by atoms with Gasteiger partial charge in [0.15, 0.2) is 0 Å². The highest BCUT2D eigenvalue weighted by Gasteiger charge is 2.27. The molecule has 1 aromatic heterocycles. The first-order chi connectivity index (χ1) is 10.1. The van der Waals surface area contributed by atoms with E-state index in [1.165, 1.54) is 9.75 Å². The Balaban J connectivity index is 2.01. The van der Waals surface area contributed by atoms with Gasteiger partial charge in [-0.05, 0) is 33.2 Å². The van der Waals surface area contributed by atoms with Crippen molar-refractivity contribution in [3.05, 3.63) is 21.9 Å². The Hall–Kier alpha value is -0.950. The lowest BCUT2D eigenvalue weighted by molar-refractivity contribution is -0.146. The fourth-order valence-corrected chi connectivity index (χ4v) is 3.18. The molecule has 1 aromatic rings. The Labute approximate surface area is 130 Å². The number of hydrogen-bond donors (Lipinski definition) is 1. The molecule has 2 heterocycles. The van der Waals surface area contributed by atoms with Gasteiger partial charge >= 0.3 is 0 Å². The summed E-state index contributed by atoms with van der Waals surface area (Å²) in [5.74, 6) is 0.0927. The van der Waals surface area contributed by atoms with E-state index in [0.717, 1.165) is 19.6 Å². The average Bonchev–Trinajstić information content (AvgIpc) is 2.89. The highest BCUT2D eigenvalue weighted by atomic mass is 32.1. The van der Waals surface area contributed by atoms with Crippen LogP contribution in [0.1, 0.15) is 9.75 Å². The molecule has 0 radical (unpaired) electrons. The zero-order chi connectivity index (χ0) is 15.2. The molecule has 2 rings (SSSR count). The number of rotatable bonds is 6. The Bertz CT molecular complexity index is 456. The van der Waals surface area contributed by atoms with Gasteiger partial charge in [0.2, 0.25) is 0 Å². The number of morpholine rings is 1. The first-order valence-corrected chi connectivity index (χ1v) is 8.19. The van der Waals surface area contributed by atoms with Gasteiger partial charge < -0.3 is 19.9 Å². The number of carbonyl (C=O) groups excluding carboxylic acids is 1. The fourth-order valence-electron chi connectivity index (χ4n) is 2.27. The lowest BCUT2D eigenvalue weighted by atomic mass is 10.2. The Morgan fingerprint density at radius 2 is 2.24 bits per heavy atom. The van der Waals surface area contributed by atoms with Crippen LogP contribution in [-0.2, 0) is 16.1 Å². The molecule has 1 saturated heterocycles. The molecule has 6 heteroatoms. The maximum Gasteiger partial charge on any atom is 0.253 e. The van der Waals surface area contributed by atoms with Crippen LogP contribution in [0.4, 0.5) is 0 Å². The normalized spacial score (nSPS) is 19.0. The zero-order valence-electron chi connectivity index (χ0n) is 13.1. The number of amides is 1. The van der Waals surface area contributed by atoms with Gasteiger partial charge in [0.25, 0.3) is 5.91 Å². The van der Waals surface area contributed by atoms with Crippen molar-refractivity contribution in [3.8, 4) is 0 Å². The summed E-state index contributed by atoms with van der Waals surface area (Å²) in [6.07, 6.45) is -0.345. The smallest absolute Gasteiger partial charge is 0.253 e. The molecule has 1 amide bonds. The van der Waals surface area contributed by atoms with E-state index < -0.39 is 0 Å². The lowest BCUT2D eigenvalue weighted by Gasteiger charge is -2.30. The molecule has 1 aliphatic rings. The largest absolute Gasteiger partial charge is 0.366 e. The minimum Gasteiger partial charge on any atom is -0.366 e. The number of hydrogen-bond acceptors (Lipinski definition) is 5. The van der Waals surface area contributed by atoms with Crippen molar-refractivity contribution >= 4 is 17.2 Å². The molecule has 0 bridgehead atoms. The van der Waals surface area contributed by atoms with Gasteiger partial charge in [-0.15, -0.1) is 11.3 Å². The van der Waals surface area contributed by atoms with E-state index in [9.17, 15) is 4.79 Å². The van der Waals surface area contributed by atoms with Crippen molar-refractivity contribution in [1.29, 1.82) is 0 Å².